The Bertz CT molecular complexity index is 146. The Hall–Kier alpha value is -0.0400. The quantitative estimate of drug-likeness (QED) is 0.667. The second kappa shape index (κ2) is 7.27. The lowest BCUT2D eigenvalue weighted by Crippen LogP contribution is -2.40. The van der Waals surface area contributed by atoms with Crippen LogP contribution in [0.15, 0.2) is 0 Å². The first-order valence-electron chi connectivity index (χ1n) is 6.65. The molecule has 0 aliphatic carbocycles. The summed E-state index contributed by atoms with van der Waals surface area (Å²) in [6.45, 7) is 14.9. The van der Waals surface area contributed by atoms with Crippen LogP contribution in [0.25, 0.3) is 0 Å². The molecule has 0 aromatic rings. The molecule has 1 heteroatoms. The predicted octanol–water partition coefficient (Wildman–Crippen LogP) is 4.23. The number of nitrogens with one attached hydrogen (secondary N) is 1. The van der Waals surface area contributed by atoms with Crippen molar-refractivity contribution in [2.24, 2.45) is 11.3 Å². The van der Waals surface area contributed by atoms with Crippen LogP contribution in [0.3, 0.4) is 0 Å². The fourth-order valence-electron chi connectivity index (χ4n) is 1.96. The predicted molar refractivity (Wildman–Crippen MR) is 70.2 cm³/mol. The summed E-state index contributed by atoms with van der Waals surface area (Å²) < 4.78 is 0. The van der Waals surface area contributed by atoms with Crippen LogP contribution in [0, 0.1) is 11.3 Å². The maximum atomic E-state index is 3.61. The molecule has 1 N–H and O–H groups in total. The van der Waals surface area contributed by atoms with Gasteiger partial charge in [-0.15, -0.1) is 0 Å². The molecule has 0 fully saturated rings. The van der Waals surface area contributed by atoms with Crippen LogP contribution in [0.4, 0.5) is 0 Å². The third-order valence-corrected chi connectivity index (χ3v) is 3.38. The maximum absolute atomic E-state index is 3.61. The van der Waals surface area contributed by atoms with Crippen molar-refractivity contribution in [1.29, 1.82) is 0 Å². The molecule has 0 aromatic carbocycles. The topological polar surface area (TPSA) is 12.0 Å². The van der Waals surface area contributed by atoms with Crippen molar-refractivity contribution in [3.05, 3.63) is 0 Å². The van der Waals surface area contributed by atoms with E-state index in [0.29, 0.717) is 11.5 Å². The summed E-state index contributed by atoms with van der Waals surface area (Å²) in [5.41, 5.74) is 0.394. The van der Waals surface area contributed by atoms with Gasteiger partial charge in [0, 0.05) is 6.04 Å². The van der Waals surface area contributed by atoms with E-state index in [2.05, 4.69) is 46.9 Å². The number of hydrogen-bond donors (Lipinski definition) is 1. The van der Waals surface area contributed by atoms with E-state index >= 15 is 0 Å². The van der Waals surface area contributed by atoms with Crippen molar-refractivity contribution in [3.8, 4) is 0 Å². The van der Waals surface area contributed by atoms with Crippen molar-refractivity contribution in [3.63, 3.8) is 0 Å². The first-order valence-corrected chi connectivity index (χ1v) is 6.65. The molecule has 0 radical (unpaired) electrons. The Balaban J connectivity index is 3.87. The molecule has 15 heavy (non-hydrogen) atoms. The van der Waals surface area contributed by atoms with Gasteiger partial charge in [0.2, 0.25) is 0 Å². The Morgan fingerprint density at radius 1 is 1.07 bits per heavy atom. The monoisotopic (exact) mass is 213 g/mol. The van der Waals surface area contributed by atoms with Crippen LogP contribution >= 0.6 is 0 Å². The van der Waals surface area contributed by atoms with Gasteiger partial charge in [-0.05, 0) is 24.3 Å². The lowest BCUT2D eigenvalue weighted by Gasteiger charge is -2.31. The zero-order valence-electron chi connectivity index (χ0n) is 11.7. The molecule has 0 aliphatic rings. The molecule has 2 atom stereocenters. The van der Waals surface area contributed by atoms with E-state index in [0.717, 1.165) is 12.5 Å². The van der Waals surface area contributed by atoms with Gasteiger partial charge in [-0.1, -0.05) is 60.8 Å². The molecule has 0 bridgehead atoms. The van der Waals surface area contributed by atoms with Gasteiger partial charge in [0.15, 0.2) is 0 Å². The van der Waals surface area contributed by atoms with E-state index < -0.39 is 0 Å². The van der Waals surface area contributed by atoms with Crippen LogP contribution in [0.5, 0.6) is 0 Å². The summed E-state index contributed by atoms with van der Waals surface area (Å²) in [4.78, 5) is 0. The second-order valence-corrected chi connectivity index (χ2v) is 5.92. The standard InChI is InChI=1S/C14H31N/c1-7-12(3)10-9-11-13(15-8-2)14(4,5)6/h12-13,15H,7-11H2,1-6H3. The average Bonchev–Trinajstić information content (AvgIpc) is 2.14. The van der Waals surface area contributed by atoms with E-state index in [1.807, 2.05) is 0 Å². The Kier molecular flexibility index (Phi) is 7.25. The number of rotatable bonds is 7. The molecule has 2 unspecified atom stereocenters. The largest absolute Gasteiger partial charge is 0.314 e. The normalized spacial score (nSPS) is 16.4. The van der Waals surface area contributed by atoms with Crippen molar-refractivity contribution in [1.82, 2.24) is 5.32 Å². The third kappa shape index (κ3) is 6.94. The van der Waals surface area contributed by atoms with Crippen LogP contribution in [-0.4, -0.2) is 12.6 Å². The smallest absolute Gasteiger partial charge is 0.0115 e. The Morgan fingerprint density at radius 2 is 1.67 bits per heavy atom. The summed E-state index contributed by atoms with van der Waals surface area (Å²) in [5, 5.41) is 3.61. The minimum atomic E-state index is 0.394. The summed E-state index contributed by atoms with van der Waals surface area (Å²) in [6, 6.07) is 0.673. The van der Waals surface area contributed by atoms with E-state index in [-0.39, 0.29) is 0 Å². The molecule has 0 rings (SSSR count). The fraction of sp³-hybridized carbons (Fsp3) is 1.00. The Morgan fingerprint density at radius 3 is 2.07 bits per heavy atom. The van der Waals surface area contributed by atoms with E-state index in [4.69, 9.17) is 0 Å². The summed E-state index contributed by atoms with van der Waals surface area (Å²) in [5.74, 6) is 0.896. The first-order chi connectivity index (χ1) is 6.91. The summed E-state index contributed by atoms with van der Waals surface area (Å²) in [7, 11) is 0. The van der Waals surface area contributed by atoms with Gasteiger partial charge >= 0.3 is 0 Å². The average molecular weight is 213 g/mol. The highest BCUT2D eigenvalue weighted by Gasteiger charge is 2.22. The SMILES string of the molecule is CCNC(CCCC(C)CC)C(C)(C)C. The third-order valence-electron chi connectivity index (χ3n) is 3.38. The molecule has 92 valence electrons. The van der Waals surface area contributed by atoms with Crippen molar-refractivity contribution < 1.29 is 0 Å². The summed E-state index contributed by atoms with van der Waals surface area (Å²) in [6.07, 6.45) is 5.39. The first kappa shape index (κ1) is 15.0. The lowest BCUT2D eigenvalue weighted by atomic mass is 9.83. The highest BCUT2D eigenvalue weighted by atomic mass is 14.9. The van der Waals surface area contributed by atoms with Gasteiger partial charge in [0.25, 0.3) is 0 Å². The molecular weight excluding hydrogens is 182 g/mol. The van der Waals surface area contributed by atoms with Crippen LogP contribution in [0.2, 0.25) is 0 Å². The molecule has 0 heterocycles. The molecule has 0 aromatic heterocycles. The molecule has 0 aliphatic heterocycles. The lowest BCUT2D eigenvalue weighted by molar-refractivity contribution is 0.249. The van der Waals surface area contributed by atoms with E-state index in [1.165, 1.54) is 25.7 Å². The zero-order chi connectivity index (χ0) is 11.9. The van der Waals surface area contributed by atoms with Gasteiger partial charge in [-0.25, -0.2) is 0 Å². The molecule has 0 saturated heterocycles. The Labute approximate surface area is 97.0 Å². The highest BCUT2D eigenvalue weighted by Crippen LogP contribution is 2.24. The van der Waals surface area contributed by atoms with Gasteiger partial charge in [-0.3, -0.25) is 0 Å². The van der Waals surface area contributed by atoms with E-state index in [9.17, 15) is 0 Å². The molecule has 0 saturated carbocycles. The molecule has 0 spiro atoms. The highest BCUT2D eigenvalue weighted by molar-refractivity contribution is 4.80. The van der Waals surface area contributed by atoms with Gasteiger partial charge < -0.3 is 5.32 Å². The van der Waals surface area contributed by atoms with Gasteiger partial charge in [-0.2, -0.15) is 0 Å². The van der Waals surface area contributed by atoms with Crippen molar-refractivity contribution in [2.45, 2.75) is 73.3 Å². The molecule has 1 nitrogen and oxygen atoms in total. The van der Waals surface area contributed by atoms with Gasteiger partial charge in [0.05, 0.1) is 0 Å². The number of hydrogen-bond acceptors (Lipinski definition) is 1. The zero-order valence-corrected chi connectivity index (χ0v) is 11.7. The maximum Gasteiger partial charge on any atom is 0.0115 e. The van der Waals surface area contributed by atoms with Crippen LogP contribution in [0.1, 0.15) is 67.2 Å². The molecular formula is C14H31N. The molecule has 0 amide bonds. The van der Waals surface area contributed by atoms with Crippen molar-refractivity contribution >= 4 is 0 Å². The van der Waals surface area contributed by atoms with E-state index in [1.54, 1.807) is 0 Å². The van der Waals surface area contributed by atoms with Crippen LogP contribution < -0.4 is 5.32 Å². The minimum absolute atomic E-state index is 0.394. The minimum Gasteiger partial charge on any atom is -0.314 e. The van der Waals surface area contributed by atoms with Crippen LogP contribution in [-0.2, 0) is 0 Å². The fourth-order valence-corrected chi connectivity index (χ4v) is 1.96. The second-order valence-electron chi connectivity index (χ2n) is 5.92. The summed E-state index contributed by atoms with van der Waals surface area (Å²) >= 11 is 0. The van der Waals surface area contributed by atoms with Gasteiger partial charge in [0.1, 0.15) is 0 Å². The van der Waals surface area contributed by atoms with Crippen molar-refractivity contribution in [2.75, 3.05) is 6.54 Å².